The first-order valence-electron chi connectivity index (χ1n) is 14.7. The number of thiol groups is 1. The molecule has 11 heteroatoms. The molecule has 0 aliphatic carbocycles. The largest absolute Gasteiger partial charge is 0.481 e. The number of carboxylic acids is 2. The van der Waals surface area contributed by atoms with Crippen LogP contribution in [0.5, 0.6) is 0 Å². The summed E-state index contributed by atoms with van der Waals surface area (Å²) in [5.41, 5.74) is 10.4. The van der Waals surface area contributed by atoms with Crippen LogP contribution in [0.2, 0.25) is 0 Å². The fourth-order valence-corrected chi connectivity index (χ4v) is 6.28. The molecule has 2 aromatic heterocycles. The Labute approximate surface area is 262 Å². The molecule has 0 radical (unpaired) electrons. The number of nitrogens with one attached hydrogen (secondary N) is 4. The molecule has 4 heterocycles. The van der Waals surface area contributed by atoms with Crippen molar-refractivity contribution in [3.8, 4) is 0 Å². The van der Waals surface area contributed by atoms with Crippen molar-refractivity contribution in [3.63, 3.8) is 0 Å². The zero-order valence-corrected chi connectivity index (χ0v) is 26.6. The highest BCUT2D eigenvalue weighted by Gasteiger charge is 2.29. The smallest absolute Gasteiger partial charge is 0.303 e. The molecule has 234 valence electrons. The summed E-state index contributed by atoms with van der Waals surface area (Å²) in [4.78, 5) is 54.9. The first-order chi connectivity index (χ1) is 20.9. The van der Waals surface area contributed by atoms with E-state index in [-0.39, 0.29) is 30.6 Å². The number of carbonyl (C=O) groups is 4. The third-order valence-electron chi connectivity index (χ3n) is 8.63. The van der Waals surface area contributed by atoms with Gasteiger partial charge in [-0.15, -0.1) is 0 Å². The molecule has 0 bridgehead atoms. The fraction of sp³-hybridized carbons (Fsp3) is 0.394. The zero-order chi connectivity index (χ0) is 32.3. The SMILES string of the molecule is C/C=C1/C(=O)N/C(=C/c2[nH]c(Cc3[nH]c(/C=C4\NC(=O)C(C)=C4CCS)c(C)c3CCC(=O)O)c(CCC(=O)O)c2C)C1C. The molecule has 0 saturated carbocycles. The molecule has 44 heavy (non-hydrogen) atoms. The lowest BCUT2D eigenvalue weighted by Gasteiger charge is -2.07. The zero-order valence-electron chi connectivity index (χ0n) is 25.7. The van der Waals surface area contributed by atoms with Crippen LogP contribution in [-0.4, -0.2) is 49.7 Å². The minimum atomic E-state index is -0.908. The quantitative estimate of drug-likeness (QED) is 0.134. The summed E-state index contributed by atoms with van der Waals surface area (Å²) in [6.07, 6.45) is 7.11. The van der Waals surface area contributed by atoms with Gasteiger partial charge >= 0.3 is 11.9 Å². The van der Waals surface area contributed by atoms with Gasteiger partial charge in [0.1, 0.15) is 0 Å². The predicted molar refractivity (Wildman–Crippen MR) is 172 cm³/mol. The summed E-state index contributed by atoms with van der Waals surface area (Å²) in [5, 5.41) is 24.8. The van der Waals surface area contributed by atoms with Crippen LogP contribution < -0.4 is 10.6 Å². The summed E-state index contributed by atoms with van der Waals surface area (Å²) in [6.45, 7) is 9.44. The van der Waals surface area contributed by atoms with E-state index in [9.17, 15) is 29.4 Å². The fourth-order valence-electron chi connectivity index (χ4n) is 6.05. The molecular formula is C33H40N4O6S. The number of aromatic nitrogens is 2. The van der Waals surface area contributed by atoms with Gasteiger partial charge in [-0.25, -0.2) is 0 Å². The molecule has 1 fully saturated rings. The number of rotatable bonds is 12. The van der Waals surface area contributed by atoms with Gasteiger partial charge in [-0.1, -0.05) is 13.0 Å². The van der Waals surface area contributed by atoms with E-state index in [0.717, 1.165) is 56.3 Å². The van der Waals surface area contributed by atoms with Crippen molar-refractivity contribution < 1.29 is 29.4 Å². The van der Waals surface area contributed by atoms with Gasteiger partial charge in [-0.05, 0) is 92.7 Å². The summed E-state index contributed by atoms with van der Waals surface area (Å²) in [6, 6.07) is 0. The number of carbonyl (C=O) groups excluding carboxylic acids is 2. The highest BCUT2D eigenvalue weighted by atomic mass is 32.1. The van der Waals surface area contributed by atoms with Crippen LogP contribution in [0.4, 0.5) is 0 Å². The second-order valence-electron chi connectivity index (χ2n) is 11.3. The standard InChI is InChI=1S/C33H40N4O6S/c1-6-20-16(2)26(36-33(20)43)13-24-17(3)21(7-9-30(38)39)27(34-24)15-28-22(8-10-31(40)41)18(4)25(35-28)14-29-23(11-12-44)19(5)32(42)37-29/h6,13-14,16,34-35,44H,7-12,15H2,1-5H3,(H,36,43)(H,37,42)(H,38,39)(H,40,41)/b20-6+,26-13+,29-14-. The van der Waals surface area contributed by atoms with Crippen molar-refractivity contribution in [2.24, 2.45) is 5.92 Å². The van der Waals surface area contributed by atoms with Crippen LogP contribution in [0.1, 0.15) is 85.1 Å². The molecule has 1 unspecified atom stereocenters. The summed E-state index contributed by atoms with van der Waals surface area (Å²) in [5.74, 6) is -1.61. The van der Waals surface area contributed by atoms with E-state index in [1.54, 1.807) is 13.0 Å². The average Bonchev–Trinajstić information content (AvgIpc) is 3.60. The number of hydrogen-bond donors (Lipinski definition) is 7. The highest BCUT2D eigenvalue weighted by molar-refractivity contribution is 7.80. The number of allylic oxidation sites excluding steroid dienone is 3. The van der Waals surface area contributed by atoms with E-state index in [0.29, 0.717) is 48.3 Å². The van der Waals surface area contributed by atoms with Gasteiger partial charge in [-0.3, -0.25) is 19.2 Å². The number of aliphatic carboxylic acids is 2. The van der Waals surface area contributed by atoms with Gasteiger partial charge in [0, 0.05) is 70.5 Å². The maximum Gasteiger partial charge on any atom is 0.303 e. The van der Waals surface area contributed by atoms with Gasteiger partial charge in [0.15, 0.2) is 0 Å². The van der Waals surface area contributed by atoms with Crippen LogP contribution in [0.3, 0.4) is 0 Å². The molecule has 6 N–H and O–H groups in total. The number of aromatic amines is 2. The third kappa shape index (κ3) is 6.77. The van der Waals surface area contributed by atoms with Crippen molar-refractivity contribution in [2.75, 3.05) is 5.75 Å². The van der Waals surface area contributed by atoms with Gasteiger partial charge in [0.25, 0.3) is 11.8 Å². The van der Waals surface area contributed by atoms with Gasteiger partial charge < -0.3 is 30.8 Å². The molecule has 10 nitrogen and oxygen atoms in total. The van der Waals surface area contributed by atoms with Crippen LogP contribution in [-0.2, 0) is 38.4 Å². The Morgan fingerprint density at radius 1 is 0.841 bits per heavy atom. The molecule has 1 saturated heterocycles. The number of amides is 2. The minimum absolute atomic E-state index is 0.0517. The van der Waals surface area contributed by atoms with Crippen molar-refractivity contribution in [1.82, 2.24) is 20.6 Å². The maximum absolute atomic E-state index is 12.4. The summed E-state index contributed by atoms with van der Waals surface area (Å²) in [7, 11) is 0. The third-order valence-corrected chi connectivity index (χ3v) is 8.85. The monoisotopic (exact) mass is 620 g/mol. The molecule has 0 aromatic carbocycles. The van der Waals surface area contributed by atoms with Crippen LogP contribution in [0, 0.1) is 19.8 Å². The van der Waals surface area contributed by atoms with E-state index in [4.69, 9.17) is 0 Å². The van der Waals surface area contributed by atoms with Crippen molar-refractivity contribution in [3.05, 3.63) is 79.2 Å². The maximum atomic E-state index is 12.4. The first kappa shape index (κ1) is 32.7. The Bertz CT molecular complexity index is 1650. The summed E-state index contributed by atoms with van der Waals surface area (Å²) < 4.78 is 0. The second kappa shape index (κ2) is 13.6. The lowest BCUT2D eigenvalue weighted by Crippen LogP contribution is -2.15. The van der Waals surface area contributed by atoms with Crippen molar-refractivity contribution in [1.29, 1.82) is 0 Å². The Morgan fingerprint density at radius 2 is 1.39 bits per heavy atom. The van der Waals surface area contributed by atoms with E-state index >= 15 is 0 Å². The Morgan fingerprint density at radius 3 is 1.86 bits per heavy atom. The molecule has 2 amide bonds. The average molecular weight is 621 g/mol. The van der Waals surface area contributed by atoms with E-state index in [1.807, 2.05) is 39.8 Å². The molecular weight excluding hydrogens is 580 g/mol. The first-order valence-corrected chi connectivity index (χ1v) is 15.4. The van der Waals surface area contributed by atoms with Crippen molar-refractivity contribution in [2.45, 2.75) is 73.1 Å². The highest BCUT2D eigenvalue weighted by Crippen LogP contribution is 2.32. The predicted octanol–water partition coefficient (Wildman–Crippen LogP) is 4.75. The van der Waals surface area contributed by atoms with Gasteiger partial charge in [-0.2, -0.15) is 12.6 Å². The van der Waals surface area contributed by atoms with Gasteiger partial charge in [0.2, 0.25) is 0 Å². The normalized spacial score (nSPS) is 19.5. The lowest BCUT2D eigenvalue weighted by molar-refractivity contribution is -0.138. The lowest BCUT2D eigenvalue weighted by atomic mass is 9.97. The van der Waals surface area contributed by atoms with Crippen LogP contribution >= 0.6 is 12.6 Å². The number of hydrogen-bond acceptors (Lipinski definition) is 5. The van der Waals surface area contributed by atoms with E-state index < -0.39 is 11.9 Å². The minimum Gasteiger partial charge on any atom is -0.481 e. The molecule has 2 aromatic rings. The van der Waals surface area contributed by atoms with Crippen molar-refractivity contribution >= 4 is 48.5 Å². The van der Waals surface area contributed by atoms with Crippen LogP contribution in [0.15, 0.2) is 34.2 Å². The molecule has 1 atom stereocenters. The number of carboxylic acid groups (broad SMARTS) is 2. The van der Waals surface area contributed by atoms with Gasteiger partial charge in [0.05, 0.1) is 0 Å². The Balaban J connectivity index is 1.79. The molecule has 2 aliphatic heterocycles. The van der Waals surface area contributed by atoms with E-state index in [1.165, 1.54) is 0 Å². The van der Waals surface area contributed by atoms with E-state index in [2.05, 4.69) is 33.2 Å². The summed E-state index contributed by atoms with van der Waals surface area (Å²) >= 11 is 4.35. The topological polar surface area (TPSA) is 164 Å². The number of H-pyrrole nitrogens is 2. The second-order valence-corrected chi connectivity index (χ2v) is 11.8. The molecule has 2 aliphatic rings. The van der Waals surface area contributed by atoms with Crippen LogP contribution in [0.25, 0.3) is 12.2 Å². The molecule has 0 spiro atoms. The Kier molecular flexibility index (Phi) is 10.1. The Hall–Kier alpha value is -4.25. The molecule has 4 rings (SSSR count).